The van der Waals surface area contributed by atoms with Crippen molar-refractivity contribution in [3.05, 3.63) is 563 Å². The van der Waals surface area contributed by atoms with Crippen molar-refractivity contribution in [1.82, 2.24) is 0 Å². The van der Waals surface area contributed by atoms with Crippen molar-refractivity contribution < 1.29 is 4.74 Å². The van der Waals surface area contributed by atoms with Crippen LogP contribution in [0.4, 0.5) is 0 Å². The van der Waals surface area contributed by atoms with Gasteiger partial charge in [-0.15, -0.1) is 152 Å². The fourth-order valence-electron chi connectivity index (χ4n) is 20.0. The second kappa shape index (κ2) is 45.4. The van der Waals surface area contributed by atoms with Gasteiger partial charge in [0, 0.05) is 107 Å². The van der Waals surface area contributed by atoms with Gasteiger partial charge in [-0.1, -0.05) is 382 Å². The molecule has 0 atom stereocenters. The molecule has 0 amide bonds. The number of rotatable bonds is 16. The third-order valence-corrected chi connectivity index (χ3v) is 33.0. The minimum atomic E-state index is -0.438. The van der Waals surface area contributed by atoms with Gasteiger partial charge in [-0.25, -0.2) is 0 Å². The summed E-state index contributed by atoms with van der Waals surface area (Å²) < 4.78 is 6.25. The molecule has 1 nitrogen and oxygen atoms in total. The molecule has 0 radical (unpaired) electrons. The minimum absolute atomic E-state index is 0.228. The number of benzene rings is 20. The summed E-state index contributed by atoms with van der Waals surface area (Å²) in [5.74, 6) is 1.69. The zero-order valence-corrected chi connectivity index (χ0v) is 91.3. The van der Waals surface area contributed by atoms with E-state index < -0.39 is 5.41 Å². The molecule has 0 saturated heterocycles. The molecule has 0 spiro atoms. The summed E-state index contributed by atoms with van der Waals surface area (Å²) in [4.78, 5) is 13.8. The first-order chi connectivity index (χ1) is 69.7. The number of hydrogen-bond acceptors (Lipinski definition) is 14. The molecule has 0 bridgehead atoms. The smallest absolute Gasteiger partial charge is 0.132 e. The highest BCUT2D eigenvalue weighted by Gasteiger charge is 2.43. The maximum atomic E-state index is 6.25. The predicted molar refractivity (Wildman–Crippen MR) is 643 cm³/mol. The van der Waals surface area contributed by atoms with Gasteiger partial charge >= 0.3 is 0 Å². The standard InChI is InChI=1S/C26H20OS2.C26H22S4.C26H20S3.2C26H22S2/c1-26(19-9-7-18(8-10-19)17-5-3-2-4-6-17)22-13-11-20(28)15-24(22)27-25-16-21(29)12-14-23(25)26;1-26(22-13-11-20(27)15-24(22)29,23-14-12-21(28)16-25(23)30)19-9-7-18(8-10-19)17-5-3-2-4-6-17;1-26(19-9-7-18(8-10-19)17-5-3-2-4-6-17)22-13-11-20(27)15-24(22)29-25-16-21(28)12-14-23(25)26;1-26(22-11-5-7-13-24(22)27,23-12-6-8-14-25(23)28)21-17-15-20(16-18-21)19-9-3-2-4-10-19;1-26(22-11-15-24(27)16-12-22,23-13-17-25(28)18-14-23)21-9-7-20(8-10-21)19-5-3-2-4-6-19/h2-16,28-29H,1H3;2-16,27-30H,1H3;2-16,27-28H,1H3;2*2-18,27-28H,1H3. The lowest BCUT2D eigenvalue weighted by Gasteiger charge is -2.38. The van der Waals surface area contributed by atoms with Crippen LogP contribution in [0.15, 0.2) is 548 Å². The summed E-state index contributed by atoms with van der Waals surface area (Å²) in [6.45, 7) is 11.4. The van der Waals surface area contributed by atoms with Crippen LogP contribution in [0, 0.1) is 0 Å². The monoisotopic (exact) mass is 2100 g/mol. The summed E-state index contributed by atoms with van der Waals surface area (Å²) in [5, 5.41) is 0. The van der Waals surface area contributed by atoms with Gasteiger partial charge in [0.25, 0.3) is 0 Å². The molecule has 14 heteroatoms. The van der Waals surface area contributed by atoms with Gasteiger partial charge in [-0.2, -0.15) is 0 Å². The van der Waals surface area contributed by atoms with Crippen molar-refractivity contribution in [3.8, 4) is 67.1 Å². The maximum absolute atomic E-state index is 6.25. The van der Waals surface area contributed by atoms with Gasteiger partial charge in [-0.3, -0.25) is 0 Å². The first kappa shape index (κ1) is 103. The molecule has 0 aliphatic carbocycles. The number of hydrogen-bond donors (Lipinski definition) is 12. The lowest BCUT2D eigenvalue weighted by Crippen LogP contribution is -2.29. The van der Waals surface area contributed by atoms with E-state index in [0.717, 1.165) is 92.5 Å². The average Bonchev–Trinajstić information content (AvgIpc) is 0.724. The van der Waals surface area contributed by atoms with Gasteiger partial charge in [0.2, 0.25) is 0 Å². The molecule has 0 N–H and O–H groups in total. The van der Waals surface area contributed by atoms with Gasteiger partial charge in [0.05, 0.1) is 0 Å². The Bertz CT molecular complexity index is 7450. The lowest BCUT2D eigenvalue weighted by molar-refractivity contribution is 0.424. The number of ether oxygens (including phenoxy) is 1. The molecular weight excluding hydrogens is 1990 g/mol. The molecule has 710 valence electrons. The Kier molecular flexibility index (Phi) is 32.4. The summed E-state index contributed by atoms with van der Waals surface area (Å²) in [6, 6.07) is 168. The highest BCUT2D eigenvalue weighted by molar-refractivity contribution is 7.99. The van der Waals surface area contributed by atoms with E-state index in [9.17, 15) is 0 Å². The SMILES string of the molecule is CC(c1ccc(-c2ccccc2)cc1)(c1ccc(S)cc1S)c1ccc(S)cc1S.CC(c1ccc(-c2ccccc2)cc1)(c1ccccc1S)c1ccccc1S.CC(c1ccc(S)cc1)(c1ccc(S)cc1)c1ccc(-c2ccccc2)cc1.CC1(c2ccc(-c3ccccc3)cc2)c2ccc(S)cc2Oc2cc(S)ccc21.CC1(c2ccc(-c3ccccc3)cc2)c2ccc(S)cc2Sc2cc(S)ccc21. The van der Waals surface area contributed by atoms with E-state index in [1.165, 1.54) is 127 Å². The van der Waals surface area contributed by atoms with Crippen molar-refractivity contribution >= 4 is 163 Å². The second-order valence-electron chi connectivity index (χ2n) is 36.8. The van der Waals surface area contributed by atoms with Crippen LogP contribution in [0.25, 0.3) is 55.6 Å². The Hall–Kier alpha value is -11.3. The third kappa shape index (κ3) is 21.9. The Balaban J connectivity index is 0.000000118. The van der Waals surface area contributed by atoms with Crippen LogP contribution >= 0.6 is 163 Å². The van der Waals surface area contributed by atoms with E-state index in [2.05, 4.69) is 530 Å². The average molecular weight is 2100 g/mol. The fourth-order valence-corrected chi connectivity index (χ4v) is 24.9. The van der Waals surface area contributed by atoms with E-state index in [1.54, 1.807) is 0 Å². The molecule has 144 heavy (non-hydrogen) atoms. The molecular formula is C130H106OS13. The van der Waals surface area contributed by atoms with E-state index in [1.807, 2.05) is 96.7 Å². The predicted octanol–water partition coefficient (Wildman–Crippen LogP) is 37.6. The van der Waals surface area contributed by atoms with Gasteiger partial charge in [0.1, 0.15) is 11.5 Å². The maximum Gasteiger partial charge on any atom is 0.132 e. The zero-order valence-electron chi connectivity index (χ0n) is 79.8. The molecule has 20 aromatic rings. The van der Waals surface area contributed by atoms with Crippen molar-refractivity contribution in [2.75, 3.05) is 0 Å². The highest BCUT2D eigenvalue weighted by atomic mass is 32.2. The molecule has 0 saturated carbocycles. The van der Waals surface area contributed by atoms with Crippen molar-refractivity contribution in [2.24, 2.45) is 0 Å². The van der Waals surface area contributed by atoms with E-state index in [0.29, 0.717) is 0 Å². The molecule has 20 aromatic carbocycles. The van der Waals surface area contributed by atoms with Gasteiger partial charge in [-0.05, 0) is 272 Å². The molecule has 2 aliphatic rings. The molecule has 2 aliphatic heterocycles. The Labute approximate surface area is 918 Å². The number of thiol groups is 12. The molecule has 2 heterocycles. The Morgan fingerprint density at radius 3 is 0.694 bits per heavy atom. The van der Waals surface area contributed by atoms with Crippen LogP contribution in [0.5, 0.6) is 11.5 Å². The van der Waals surface area contributed by atoms with Crippen molar-refractivity contribution in [1.29, 1.82) is 0 Å². The quantitative estimate of drug-likeness (QED) is 0.0347. The Morgan fingerprint density at radius 2 is 0.403 bits per heavy atom. The lowest BCUT2D eigenvalue weighted by atomic mass is 9.69. The number of fused-ring (bicyclic) bond motifs is 4. The normalized spacial score (nSPS) is 12.5. The first-order valence-corrected chi connectivity index (χ1v) is 53.6. The van der Waals surface area contributed by atoms with E-state index in [4.69, 9.17) is 55.3 Å². The molecule has 0 unspecified atom stereocenters. The molecule has 22 rings (SSSR count). The molecule has 0 aromatic heterocycles. The topological polar surface area (TPSA) is 9.23 Å². The van der Waals surface area contributed by atoms with Crippen LogP contribution in [0.1, 0.15) is 118 Å². The first-order valence-electron chi connectivity index (χ1n) is 47.4. The Morgan fingerprint density at radius 1 is 0.188 bits per heavy atom. The second-order valence-corrected chi connectivity index (χ2v) is 43.9. The minimum Gasteiger partial charge on any atom is -0.457 e. The van der Waals surface area contributed by atoms with Crippen molar-refractivity contribution in [3.63, 3.8) is 0 Å². The van der Waals surface area contributed by atoms with Gasteiger partial charge < -0.3 is 4.74 Å². The van der Waals surface area contributed by atoms with Crippen LogP contribution in [0.2, 0.25) is 0 Å². The van der Waals surface area contributed by atoms with Crippen LogP contribution in [-0.2, 0) is 27.1 Å². The van der Waals surface area contributed by atoms with Crippen molar-refractivity contribution in [2.45, 2.75) is 130 Å². The summed E-state index contributed by atoms with van der Waals surface area (Å²) in [7, 11) is 0. The van der Waals surface area contributed by atoms with Crippen LogP contribution < -0.4 is 4.74 Å². The third-order valence-electron chi connectivity index (χ3n) is 28.1. The van der Waals surface area contributed by atoms with Gasteiger partial charge in [0.15, 0.2) is 0 Å². The highest BCUT2D eigenvalue weighted by Crippen LogP contribution is 2.57. The fraction of sp³-hybridized carbons (Fsp3) is 0.0769. The summed E-state index contributed by atoms with van der Waals surface area (Å²) in [5.41, 5.74) is 28.7. The largest absolute Gasteiger partial charge is 0.457 e. The van der Waals surface area contributed by atoms with E-state index in [-0.39, 0.29) is 21.7 Å². The molecule has 0 fully saturated rings. The van der Waals surface area contributed by atoms with Crippen LogP contribution in [-0.4, -0.2) is 0 Å². The zero-order chi connectivity index (χ0) is 100. The summed E-state index contributed by atoms with van der Waals surface area (Å²) in [6.07, 6.45) is 0. The van der Waals surface area contributed by atoms with Crippen LogP contribution in [0.3, 0.4) is 0 Å². The van der Waals surface area contributed by atoms with E-state index >= 15 is 0 Å². The summed E-state index contributed by atoms with van der Waals surface area (Å²) >= 11 is 57.0.